The third kappa shape index (κ3) is 5.75. The van der Waals surface area contributed by atoms with Crippen LogP contribution in [-0.2, 0) is 16.0 Å². The number of aliphatic hydroxyl groups is 3. The topological polar surface area (TPSA) is 101 Å². The second-order valence-electron chi connectivity index (χ2n) is 7.27. The molecule has 168 valence electrons. The minimum atomic E-state index is -1.40. The van der Waals surface area contributed by atoms with Crippen LogP contribution in [0.4, 0.5) is 0 Å². The number of aliphatic hydroxyl groups excluding tert-OH is 3. The molecule has 1 heterocycles. The van der Waals surface area contributed by atoms with E-state index in [1.807, 2.05) is 37.3 Å². The van der Waals surface area contributed by atoms with Crippen LogP contribution in [0.15, 0.2) is 47.6 Å². The molecule has 3 rings (SSSR count). The maximum atomic E-state index is 10.5. The van der Waals surface area contributed by atoms with Crippen molar-refractivity contribution in [2.45, 2.75) is 50.8 Å². The van der Waals surface area contributed by atoms with Gasteiger partial charge in [-0.2, -0.15) is 0 Å². The SMILES string of the molecule is CCON=C[C@H]1O[C@@H](c2ccc(Cl)c(Cc3ccc(OCC)cc3)c2)[C@H](O)[C@@H](O)[C@@H]1O. The Labute approximate surface area is 186 Å². The van der Waals surface area contributed by atoms with Gasteiger partial charge in [0, 0.05) is 5.02 Å². The van der Waals surface area contributed by atoms with Crippen LogP contribution >= 0.6 is 11.6 Å². The third-order valence-corrected chi connectivity index (χ3v) is 5.46. The van der Waals surface area contributed by atoms with Crippen LogP contribution in [0.25, 0.3) is 0 Å². The molecule has 2 aromatic rings. The van der Waals surface area contributed by atoms with Gasteiger partial charge in [0.05, 0.1) is 12.8 Å². The largest absolute Gasteiger partial charge is 0.494 e. The molecule has 1 aliphatic heterocycles. The van der Waals surface area contributed by atoms with Crippen molar-refractivity contribution in [3.8, 4) is 5.75 Å². The van der Waals surface area contributed by atoms with E-state index in [2.05, 4.69) is 5.16 Å². The average molecular weight is 450 g/mol. The van der Waals surface area contributed by atoms with Crippen LogP contribution in [0.5, 0.6) is 5.75 Å². The lowest BCUT2D eigenvalue weighted by molar-refractivity contribution is -0.205. The van der Waals surface area contributed by atoms with Gasteiger partial charge in [0.15, 0.2) is 0 Å². The Morgan fingerprint density at radius 2 is 1.74 bits per heavy atom. The number of oxime groups is 1. The molecule has 0 spiro atoms. The van der Waals surface area contributed by atoms with Crippen LogP contribution in [0.3, 0.4) is 0 Å². The molecule has 0 aliphatic carbocycles. The number of rotatable bonds is 8. The van der Waals surface area contributed by atoms with Gasteiger partial charge in [-0.15, -0.1) is 0 Å². The van der Waals surface area contributed by atoms with E-state index in [1.165, 1.54) is 6.21 Å². The second kappa shape index (κ2) is 10.9. The van der Waals surface area contributed by atoms with Crippen molar-refractivity contribution in [1.29, 1.82) is 0 Å². The van der Waals surface area contributed by atoms with Gasteiger partial charge < -0.3 is 29.6 Å². The van der Waals surface area contributed by atoms with Crippen molar-refractivity contribution in [3.05, 3.63) is 64.2 Å². The van der Waals surface area contributed by atoms with Crippen LogP contribution in [-0.4, -0.2) is 59.2 Å². The highest BCUT2D eigenvalue weighted by molar-refractivity contribution is 6.31. The van der Waals surface area contributed by atoms with Gasteiger partial charge >= 0.3 is 0 Å². The minimum absolute atomic E-state index is 0.361. The number of hydrogen-bond donors (Lipinski definition) is 3. The van der Waals surface area contributed by atoms with Gasteiger partial charge in [0.25, 0.3) is 0 Å². The summed E-state index contributed by atoms with van der Waals surface area (Å²) in [4.78, 5) is 4.92. The summed E-state index contributed by atoms with van der Waals surface area (Å²) in [5.41, 5.74) is 2.53. The lowest BCUT2D eigenvalue weighted by atomic mass is 9.90. The third-order valence-electron chi connectivity index (χ3n) is 5.09. The van der Waals surface area contributed by atoms with Crippen molar-refractivity contribution in [3.63, 3.8) is 0 Å². The molecule has 1 aliphatic rings. The molecule has 2 aromatic carbocycles. The zero-order valence-electron chi connectivity index (χ0n) is 17.5. The zero-order chi connectivity index (χ0) is 22.4. The Balaban J connectivity index is 1.81. The number of ether oxygens (including phenoxy) is 2. The van der Waals surface area contributed by atoms with Crippen LogP contribution in [0.1, 0.15) is 36.6 Å². The lowest BCUT2D eigenvalue weighted by Gasteiger charge is -2.39. The van der Waals surface area contributed by atoms with Gasteiger partial charge in [-0.3, -0.25) is 0 Å². The average Bonchev–Trinajstić information content (AvgIpc) is 2.77. The Morgan fingerprint density at radius 3 is 2.42 bits per heavy atom. The Bertz CT molecular complexity index is 875. The molecule has 8 heteroatoms. The minimum Gasteiger partial charge on any atom is -0.494 e. The molecule has 0 amide bonds. The fraction of sp³-hybridized carbons (Fsp3) is 0.435. The summed E-state index contributed by atoms with van der Waals surface area (Å²) in [6.07, 6.45) is -3.98. The van der Waals surface area contributed by atoms with Crippen molar-refractivity contribution in [2.24, 2.45) is 5.16 Å². The number of hydrogen-bond acceptors (Lipinski definition) is 7. The molecule has 0 bridgehead atoms. The highest BCUT2D eigenvalue weighted by Gasteiger charge is 2.43. The Hall–Kier alpha value is -2.16. The first kappa shape index (κ1) is 23.5. The number of benzene rings is 2. The normalized spacial score (nSPS) is 26.2. The standard InChI is InChI=1S/C23H28ClNO6/c1-3-29-17-8-5-14(6-9-17)11-16-12-15(7-10-18(16)24)23-22(28)21(27)20(26)19(31-23)13-25-30-4-2/h5-10,12-13,19-23,26-28H,3-4,11H2,1-2H3/t19-,20-,21+,22-,23+/m1/s1. The predicted octanol–water partition coefficient (Wildman–Crippen LogP) is 2.87. The Kier molecular flexibility index (Phi) is 8.28. The van der Waals surface area contributed by atoms with Crippen molar-refractivity contribution >= 4 is 17.8 Å². The quantitative estimate of drug-likeness (QED) is 0.423. The van der Waals surface area contributed by atoms with Gasteiger partial charge in [-0.05, 0) is 55.2 Å². The first-order valence-electron chi connectivity index (χ1n) is 10.3. The van der Waals surface area contributed by atoms with Crippen molar-refractivity contribution in [1.82, 2.24) is 0 Å². The fourth-order valence-corrected chi connectivity index (χ4v) is 3.66. The number of nitrogens with zero attached hydrogens (tertiary/aromatic N) is 1. The second-order valence-corrected chi connectivity index (χ2v) is 7.68. The van der Waals surface area contributed by atoms with E-state index < -0.39 is 30.5 Å². The van der Waals surface area contributed by atoms with Crippen LogP contribution in [0.2, 0.25) is 5.02 Å². The summed E-state index contributed by atoms with van der Waals surface area (Å²) in [7, 11) is 0. The predicted molar refractivity (Wildman–Crippen MR) is 118 cm³/mol. The molecule has 0 saturated carbocycles. The fourth-order valence-electron chi connectivity index (χ4n) is 3.48. The molecule has 0 radical (unpaired) electrons. The Morgan fingerprint density at radius 1 is 1.00 bits per heavy atom. The van der Waals surface area contributed by atoms with E-state index in [4.69, 9.17) is 25.9 Å². The maximum absolute atomic E-state index is 10.5. The highest BCUT2D eigenvalue weighted by Crippen LogP contribution is 2.34. The van der Waals surface area contributed by atoms with Gasteiger partial charge in [0.2, 0.25) is 0 Å². The van der Waals surface area contributed by atoms with Crippen LogP contribution < -0.4 is 4.74 Å². The molecule has 5 atom stereocenters. The van der Waals surface area contributed by atoms with Gasteiger partial charge in [0.1, 0.15) is 42.9 Å². The summed E-state index contributed by atoms with van der Waals surface area (Å²) in [6.45, 7) is 4.67. The first-order valence-corrected chi connectivity index (χ1v) is 10.7. The van der Waals surface area contributed by atoms with Gasteiger partial charge in [-0.25, -0.2) is 0 Å². The molecule has 7 nitrogen and oxygen atoms in total. The number of halogens is 1. The highest BCUT2D eigenvalue weighted by atomic mass is 35.5. The van der Waals surface area contributed by atoms with E-state index in [-0.39, 0.29) is 0 Å². The van der Waals surface area contributed by atoms with Crippen LogP contribution in [0, 0.1) is 0 Å². The van der Waals surface area contributed by atoms with E-state index in [1.54, 1.807) is 19.1 Å². The lowest BCUT2D eigenvalue weighted by Crippen LogP contribution is -2.54. The molecule has 0 unspecified atom stereocenters. The summed E-state index contributed by atoms with van der Waals surface area (Å²) >= 11 is 6.41. The molecule has 1 fully saturated rings. The maximum Gasteiger partial charge on any atom is 0.125 e. The van der Waals surface area contributed by atoms with Crippen molar-refractivity contribution in [2.75, 3.05) is 13.2 Å². The summed E-state index contributed by atoms with van der Waals surface area (Å²) in [5.74, 6) is 0.803. The van der Waals surface area contributed by atoms with E-state index >= 15 is 0 Å². The summed E-state index contributed by atoms with van der Waals surface area (Å²) < 4.78 is 11.3. The molecule has 1 saturated heterocycles. The molecular weight excluding hydrogens is 422 g/mol. The van der Waals surface area contributed by atoms with E-state index in [0.29, 0.717) is 30.2 Å². The molecule has 3 N–H and O–H groups in total. The van der Waals surface area contributed by atoms with E-state index in [9.17, 15) is 15.3 Å². The molecule has 31 heavy (non-hydrogen) atoms. The molecule has 0 aromatic heterocycles. The molecular formula is C23H28ClNO6. The van der Waals surface area contributed by atoms with Gasteiger partial charge in [-0.1, -0.05) is 41.0 Å². The van der Waals surface area contributed by atoms with Crippen molar-refractivity contribution < 1.29 is 29.6 Å². The smallest absolute Gasteiger partial charge is 0.125 e. The van der Waals surface area contributed by atoms with E-state index in [0.717, 1.165) is 16.9 Å². The zero-order valence-corrected chi connectivity index (χ0v) is 18.3. The summed E-state index contributed by atoms with van der Waals surface area (Å²) in [5, 5.41) is 35.4. The monoisotopic (exact) mass is 449 g/mol. The summed E-state index contributed by atoms with van der Waals surface area (Å²) in [6, 6.07) is 13.1. The first-order chi connectivity index (χ1) is 14.9.